The van der Waals surface area contributed by atoms with Gasteiger partial charge < -0.3 is 15.1 Å². The number of aromatic hydroxyl groups is 1. The van der Waals surface area contributed by atoms with E-state index in [-0.39, 0.29) is 31.7 Å². The van der Waals surface area contributed by atoms with E-state index in [1.807, 2.05) is 29.2 Å². The minimum absolute atomic E-state index is 0.161. The van der Waals surface area contributed by atoms with Crippen LogP contribution in [0, 0.1) is 0 Å². The number of alkyl halides is 3. The summed E-state index contributed by atoms with van der Waals surface area (Å²) in [6.45, 7) is 0.323. The molecule has 2 N–H and O–H groups in total. The van der Waals surface area contributed by atoms with Crippen LogP contribution in [0.2, 0.25) is 0 Å². The van der Waals surface area contributed by atoms with Crippen molar-refractivity contribution in [1.29, 1.82) is 0 Å². The van der Waals surface area contributed by atoms with Crippen molar-refractivity contribution in [3.8, 4) is 16.9 Å². The average Bonchev–Trinajstić information content (AvgIpc) is 2.56. The summed E-state index contributed by atoms with van der Waals surface area (Å²) in [6.07, 6.45) is -5.23. The molecule has 128 valence electrons. The number of anilines is 1. The van der Waals surface area contributed by atoms with Gasteiger partial charge in [-0.05, 0) is 35.4 Å². The first-order valence-corrected chi connectivity index (χ1v) is 7.72. The molecule has 0 aromatic heterocycles. The van der Waals surface area contributed by atoms with Gasteiger partial charge in [0.25, 0.3) is 0 Å². The number of aliphatic hydroxyl groups is 1. The highest BCUT2D eigenvalue weighted by Crippen LogP contribution is 2.39. The molecule has 0 unspecified atom stereocenters. The second-order valence-corrected chi connectivity index (χ2v) is 6.11. The summed E-state index contributed by atoms with van der Waals surface area (Å²) in [4.78, 5) is 1.85. The lowest BCUT2D eigenvalue weighted by atomic mass is 9.90. The van der Waals surface area contributed by atoms with Crippen LogP contribution in [0.25, 0.3) is 11.1 Å². The van der Waals surface area contributed by atoms with Crippen LogP contribution in [0.4, 0.5) is 18.9 Å². The summed E-state index contributed by atoms with van der Waals surface area (Å²) >= 11 is 0. The topological polar surface area (TPSA) is 43.7 Å². The number of rotatable bonds is 2. The van der Waals surface area contributed by atoms with Crippen LogP contribution in [0.15, 0.2) is 48.5 Å². The van der Waals surface area contributed by atoms with Crippen LogP contribution in [0.3, 0.4) is 0 Å². The van der Waals surface area contributed by atoms with Gasteiger partial charge >= 0.3 is 6.18 Å². The number of nitrogens with zero attached hydrogens (tertiary/aromatic N) is 1. The summed E-state index contributed by atoms with van der Waals surface area (Å²) in [5.41, 5.74) is 0.170. The zero-order valence-electron chi connectivity index (χ0n) is 12.9. The summed E-state index contributed by atoms with van der Waals surface area (Å²) in [6, 6.07) is 14.3. The highest BCUT2D eigenvalue weighted by Gasteiger charge is 2.54. The van der Waals surface area contributed by atoms with E-state index in [1.54, 1.807) is 24.3 Å². The molecule has 0 bridgehead atoms. The molecule has 0 aliphatic carbocycles. The Morgan fingerprint density at radius 3 is 1.75 bits per heavy atom. The van der Waals surface area contributed by atoms with E-state index in [0.717, 1.165) is 16.8 Å². The number of hydrogen-bond acceptors (Lipinski definition) is 3. The maximum absolute atomic E-state index is 12.8. The minimum atomic E-state index is -4.58. The Labute approximate surface area is 138 Å². The average molecular weight is 337 g/mol. The first-order valence-electron chi connectivity index (χ1n) is 7.72. The number of hydrogen-bond donors (Lipinski definition) is 2. The molecule has 1 fully saturated rings. The monoisotopic (exact) mass is 337 g/mol. The van der Waals surface area contributed by atoms with Crippen LogP contribution in [0.1, 0.15) is 12.8 Å². The van der Waals surface area contributed by atoms with Crippen molar-refractivity contribution in [2.45, 2.75) is 24.6 Å². The summed E-state index contributed by atoms with van der Waals surface area (Å²) in [7, 11) is 0. The normalized spacial score (nSPS) is 17.8. The molecule has 0 saturated carbocycles. The van der Waals surface area contributed by atoms with Gasteiger partial charge in [0.1, 0.15) is 5.75 Å². The molecule has 0 radical (unpaired) electrons. The lowest BCUT2D eigenvalue weighted by Gasteiger charge is -2.40. The lowest BCUT2D eigenvalue weighted by molar-refractivity contribution is -0.266. The van der Waals surface area contributed by atoms with Crippen molar-refractivity contribution < 1.29 is 23.4 Å². The molecule has 1 aliphatic rings. The van der Waals surface area contributed by atoms with E-state index >= 15 is 0 Å². The van der Waals surface area contributed by atoms with Gasteiger partial charge in [-0.25, -0.2) is 0 Å². The smallest absolute Gasteiger partial charge is 0.417 e. The Morgan fingerprint density at radius 1 is 0.833 bits per heavy atom. The van der Waals surface area contributed by atoms with E-state index in [9.17, 15) is 23.4 Å². The molecule has 3 nitrogen and oxygen atoms in total. The van der Waals surface area contributed by atoms with Gasteiger partial charge in [0, 0.05) is 31.6 Å². The Kier molecular flexibility index (Phi) is 4.17. The molecule has 0 spiro atoms. The number of phenols is 1. The highest BCUT2D eigenvalue weighted by atomic mass is 19.4. The Hall–Kier alpha value is -2.21. The predicted octanol–water partition coefficient (Wildman–Crippen LogP) is 3.95. The van der Waals surface area contributed by atoms with Crippen molar-refractivity contribution in [2.24, 2.45) is 0 Å². The molecule has 2 aromatic rings. The van der Waals surface area contributed by atoms with Crippen molar-refractivity contribution in [3.05, 3.63) is 48.5 Å². The molecule has 0 amide bonds. The second-order valence-electron chi connectivity index (χ2n) is 6.11. The van der Waals surface area contributed by atoms with Gasteiger partial charge in [-0.15, -0.1) is 0 Å². The van der Waals surface area contributed by atoms with E-state index in [2.05, 4.69) is 0 Å². The summed E-state index contributed by atoms with van der Waals surface area (Å²) in [5.74, 6) is 0.195. The Bertz CT molecular complexity index is 688. The number of halogens is 3. The Morgan fingerprint density at radius 2 is 1.29 bits per heavy atom. The maximum Gasteiger partial charge on any atom is 0.417 e. The Balaban J connectivity index is 1.70. The van der Waals surface area contributed by atoms with Crippen molar-refractivity contribution in [3.63, 3.8) is 0 Å². The van der Waals surface area contributed by atoms with Crippen LogP contribution in [0.5, 0.6) is 5.75 Å². The SMILES string of the molecule is Oc1ccc(-c2ccc(N3CCC(O)(C(F)(F)F)CC3)cc2)cc1. The van der Waals surface area contributed by atoms with Gasteiger partial charge in [0.15, 0.2) is 5.60 Å². The highest BCUT2D eigenvalue weighted by molar-refractivity contribution is 5.67. The third-order valence-corrected chi connectivity index (χ3v) is 4.55. The van der Waals surface area contributed by atoms with Crippen molar-refractivity contribution >= 4 is 5.69 Å². The van der Waals surface area contributed by atoms with E-state index in [0.29, 0.717) is 0 Å². The predicted molar refractivity (Wildman–Crippen MR) is 86.0 cm³/mol. The molecule has 2 aromatic carbocycles. The van der Waals surface area contributed by atoms with Crippen LogP contribution >= 0.6 is 0 Å². The fraction of sp³-hybridized carbons (Fsp3) is 0.333. The van der Waals surface area contributed by atoms with E-state index in [1.165, 1.54) is 0 Å². The molecule has 1 saturated heterocycles. The van der Waals surface area contributed by atoms with Crippen molar-refractivity contribution in [2.75, 3.05) is 18.0 Å². The van der Waals surface area contributed by atoms with Gasteiger partial charge in [-0.1, -0.05) is 24.3 Å². The third kappa shape index (κ3) is 3.19. The zero-order valence-corrected chi connectivity index (χ0v) is 12.9. The van der Waals surface area contributed by atoms with Crippen LogP contribution in [-0.4, -0.2) is 35.1 Å². The first kappa shape index (κ1) is 16.6. The molecule has 6 heteroatoms. The largest absolute Gasteiger partial charge is 0.508 e. The fourth-order valence-electron chi connectivity index (χ4n) is 2.94. The van der Waals surface area contributed by atoms with Gasteiger partial charge in [-0.2, -0.15) is 13.2 Å². The first-order chi connectivity index (χ1) is 11.3. The lowest BCUT2D eigenvalue weighted by Crippen LogP contribution is -2.53. The minimum Gasteiger partial charge on any atom is -0.508 e. The molecular weight excluding hydrogens is 319 g/mol. The fourth-order valence-corrected chi connectivity index (χ4v) is 2.94. The molecular formula is C18H18F3NO2. The second kappa shape index (κ2) is 6.02. The van der Waals surface area contributed by atoms with E-state index in [4.69, 9.17) is 0 Å². The number of benzene rings is 2. The zero-order chi connectivity index (χ0) is 17.4. The molecule has 1 heterocycles. The van der Waals surface area contributed by atoms with Crippen LogP contribution < -0.4 is 4.90 Å². The van der Waals surface area contributed by atoms with Crippen molar-refractivity contribution in [1.82, 2.24) is 0 Å². The maximum atomic E-state index is 12.8. The van der Waals surface area contributed by atoms with Crippen LogP contribution in [-0.2, 0) is 0 Å². The summed E-state index contributed by atoms with van der Waals surface area (Å²) in [5, 5.41) is 19.0. The van der Waals surface area contributed by atoms with Gasteiger partial charge in [0.05, 0.1) is 0 Å². The van der Waals surface area contributed by atoms with Gasteiger partial charge in [0.2, 0.25) is 0 Å². The molecule has 0 atom stereocenters. The molecule has 24 heavy (non-hydrogen) atoms. The standard InChI is InChI=1S/C18H18F3NO2/c19-18(20,21)17(24)9-11-22(12-10-17)15-5-1-13(2-6-15)14-3-7-16(23)8-4-14/h1-8,23-24H,9-12H2. The number of phenolic OH excluding ortho intramolecular Hbond substituents is 1. The summed E-state index contributed by atoms with van der Waals surface area (Å²) < 4.78 is 38.5. The molecule has 1 aliphatic heterocycles. The number of piperidine rings is 1. The quantitative estimate of drug-likeness (QED) is 0.872. The van der Waals surface area contributed by atoms with Gasteiger partial charge in [-0.3, -0.25) is 0 Å². The van der Waals surface area contributed by atoms with E-state index < -0.39 is 11.8 Å². The third-order valence-electron chi connectivity index (χ3n) is 4.55. The molecule has 3 rings (SSSR count).